The Bertz CT molecular complexity index is 1020. The van der Waals surface area contributed by atoms with E-state index in [-0.39, 0.29) is 16.8 Å². The van der Waals surface area contributed by atoms with Gasteiger partial charge in [0.15, 0.2) is 11.5 Å². The fourth-order valence-corrected chi connectivity index (χ4v) is 4.97. The normalized spacial score (nSPS) is 14.4. The van der Waals surface area contributed by atoms with Gasteiger partial charge in [-0.25, -0.2) is 8.42 Å². The molecule has 0 saturated carbocycles. The molecule has 0 spiro atoms. The van der Waals surface area contributed by atoms with Crippen LogP contribution in [-0.2, 0) is 10.0 Å². The maximum Gasteiger partial charge on any atom is 0.251 e. The number of rotatable bonds is 7. The van der Waals surface area contributed by atoms with Crippen LogP contribution in [0, 0.1) is 0 Å². The van der Waals surface area contributed by atoms with Crippen LogP contribution in [0.2, 0.25) is 5.02 Å². The molecule has 1 atom stereocenters. The molecular weight excluding hydrogens is 428 g/mol. The molecule has 0 bridgehead atoms. The minimum atomic E-state index is -3.52. The molecule has 1 aliphatic heterocycles. The first-order chi connectivity index (χ1) is 14.3. The molecule has 0 radical (unpaired) electrons. The Labute approximate surface area is 182 Å². The van der Waals surface area contributed by atoms with E-state index in [1.807, 2.05) is 6.92 Å². The summed E-state index contributed by atoms with van der Waals surface area (Å²) in [5.74, 6) is 0.566. The number of benzene rings is 2. The summed E-state index contributed by atoms with van der Waals surface area (Å²) in [6.07, 6.45) is 0. The van der Waals surface area contributed by atoms with Gasteiger partial charge in [-0.1, -0.05) is 37.6 Å². The van der Waals surface area contributed by atoms with E-state index >= 15 is 0 Å². The van der Waals surface area contributed by atoms with Gasteiger partial charge in [-0.05, 0) is 36.8 Å². The second kappa shape index (κ2) is 9.24. The van der Waals surface area contributed by atoms with E-state index in [1.165, 1.54) is 10.4 Å². The number of hydrogen-bond donors (Lipinski definition) is 1. The highest BCUT2D eigenvalue weighted by atomic mass is 35.5. The molecule has 1 amide bonds. The van der Waals surface area contributed by atoms with E-state index in [9.17, 15) is 13.2 Å². The summed E-state index contributed by atoms with van der Waals surface area (Å²) >= 11 is 6.21. The van der Waals surface area contributed by atoms with Crippen LogP contribution in [0.1, 0.15) is 42.7 Å². The predicted octanol–water partition coefficient (Wildman–Crippen LogP) is 3.63. The van der Waals surface area contributed by atoms with Gasteiger partial charge in [0.25, 0.3) is 5.91 Å². The first-order valence-corrected chi connectivity index (χ1v) is 11.6. The molecule has 162 valence electrons. The number of halogens is 1. The molecule has 0 fully saturated rings. The molecule has 7 nitrogen and oxygen atoms in total. The molecule has 2 aromatic carbocycles. The lowest BCUT2D eigenvalue weighted by Crippen LogP contribution is -2.30. The molecule has 0 aliphatic carbocycles. The van der Waals surface area contributed by atoms with Gasteiger partial charge in [0.05, 0.1) is 16.0 Å². The van der Waals surface area contributed by atoms with Crippen molar-refractivity contribution < 1.29 is 22.7 Å². The zero-order chi connectivity index (χ0) is 21.9. The molecule has 0 unspecified atom stereocenters. The average molecular weight is 453 g/mol. The van der Waals surface area contributed by atoms with Crippen molar-refractivity contribution in [2.45, 2.75) is 31.7 Å². The van der Waals surface area contributed by atoms with Gasteiger partial charge in [0.2, 0.25) is 10.0 Å². The van der Waals surface area contributed by atoms with Crippen LogP contribution in [0.4, 0.5) is 0 Å². The quantitative estimate of drug-likeness (QED) is 0.693. The van der Waals surface area contributed by atoms with Crippen molar-refractivity contribution in [3.63, 3.8) is 0 Å². The molecule has 1 N–H and O–H groups in total. The zero-order valence-corrected chi connectivity index (χ0v) is 18.7. The van der Waals surface area contributed by atoms with E-state index in [4.69, 9.17) is 21.1 Å². The summed E-state index contributed by atoms with van der Waals surface area (Å²) in [7, 11) is -3.52. The smallest absolute Gasteiger partial charge is 0.251 e. The van der Waals surface area contributed by atoms with Gasteiger partial charge >= 0.3 is 0 Å². The number of sulfonamides is 1. The van der Waals surface area contributed by atoms with Crippen molar-refractivity contribution in [1.82, 2.24) is 9.62 Å². The van der Waals surface area contributed by atoms with Gasteiger partial charge in [-0.15, -0.1) is 0 Å². The second-order valence-corrected chi connectivity index (χ2v) is 9.18. The lowest BCUT2D eigenvalue weighted by Gasteiger charge is -2.21. The summed E-state index contributed by atoms with van der Waals surface area (Å²) in [6.45, 7) is 7.05. The van der Waals surface area contributed by atoms with Gasteiger partial charge in [-0.3, -0.25) is 4.79 Å². The summed E-state index contributed by atoms with van der Waals surface area (Å²) in [4.78, 5) is 12.9. The van der Waals surface area contributed by atoms with Gasteiger partial charge in [0.1, 0.15) is 13.2 Å². The summed E-state index contributed by atoms with van der Waals surface area (Å²) < 4.78 is 37.6. The number of carbonyl (C=O) groups is 1. The molecule has 2 aromatic rings. The van der Waals surface area contributed by atoms with Crippen LogP contribution in [0.15, 0.2) is 41.3 Å². The second-order valence-electron chi connectivity index (χ2n) is 6.84. The van der Waals surface area contributed by atoms with Crippen LogP contribution in [0.5, 0.6) is 11.5 Å². The van der Waals surface area contributed by atoms with Gasteiger partial charge in [-0.2, -0.15) is 4.31 Å². The van der Waals surface area contributed by atoms with E-state index in [0.29, 0.717) is 48.4 Å². The number of nitrogens with zero attached hydrogens (tertiary/aromatic N) is 1. The Morgan fingerprint density at radius 2 is 1.77 bits per heavy atom. The molecule has 30 heavy (non-hydrogen) atoms. The molecule has 1 heterocycles. The third-order valence-corrected chi connectivity index (χ3v) is 7.27. The first kappa shape index (κ1) is 22.4. The fraction of sp³-hybridized carbons (Fsp3) is 0.381. The number of hydrogen-bond acceptors (Lipinski definition) is 5. The highest BCUT2D eigenvalue weighted by Gasteiger charge is 2.23. The van der Waals surface area contributed by atoms with Crippen molar-refractivity contribution >= 4 is 27.5 Å². The lowest BCUT2D eigenvalue weighted by atomic mass is 10.1. The van der Waals surface area contributed by atoms with Crippen molar-refractivity contribution in [3.05, 3.63) is 52.5 Å². The van der Waals surface area contributed by atoms with E-state index in [0.717, 1.165) is 5.56 Å². The Hall–Kier alpha value is -2.29. The summed E-state index contributed by atoms with van der Waals surface area (Å²) in [5, 5.41) is 3.21. The third kappa shape index (κ3) is 4.55. The molecule has 3 rings (SSSR count). The first-order valence-electron chi connectivity index (χ1n) is 9.78. The maximum absolute atomic E-state index is 12.7. The van der Waals surface area contributed by atoms with Crippen LogP contribution >= 0.6 is 11.6 Å². The SMILES string of the molecule is CCN(CC)S(=O)(=O)c1ccc([C@@H](C)NC(=O)c2cc(Cl)c3c(c2)OCCO3)cc1. The van der Waals surface area contributed by atoms with E-state index in [2.05, 4.69) is 5.32 Å². The summed E-state index contributed by atoms with van der Waals surface area (Å²) in [6, 6.07) is 9.34. The fourth-order valence-electron chi connectivity index (χ4n) is 3.25. The van der Waals surface area contributed by atoms with Crippen molar-refractivity contribution in [2.24, 2.45) is 0 Å². The number of ether oxygens (including phenoxy) is 2. The Balaban J connectivity index is 1.74. The van der Waals surface area contributed by atoms with Crippen LogP contribution in [-0.4, -0.2) is 44.9 Å². The van der Waals surface area contributed by atoms with E-state index in [1.54, 1.807) is 44.2 Å². The van der Waals surface area contributed by atoms with Crippen molar-refractivity contribution in [1.29, 1.82) is 0 Å². The van der Waals surface area contributed by atoms with Gasteiger partial charge in [0, 0.05) is 18.7 Å². The van der Waals surface area contributed by atoms with Crippen LogP contribution in [0.3, 0.4) is 0 Å². The van der Waals surface area contributed by atoms with Crippen molar-refractivity contribution in [2.75, 3.05) is 26.3 Å². The Morgan fingerprint density at radius 3 is 2.40 bits per heavy atom. The highest BCUT2D eigenvalue weighted by molar-refractivity contribution is 7.89. The molecular formula is C21H25ClN2O5S. The largest absolute Gasteiger partial charge is 0.486 e. The molecule has 1 aliphatic rings. The van der Waals surface area contributed by atoms with E-state index < -0.39 is 10.0 Å². The number of fused-ring (bicyclic) bond motifs is 1. The lowest BCUT2D eigenvalue weighted by molar-refractivity contribution is 0.0938. The highest BCUT2D eigenvalue weighted by Crippen LogP contribution is 2.38. The summed E-state index contributed by atoms with van der Waals surface area (Å²) in [5.41, 5.74) is 1.14. The Morgan fingerprint density at radius 1 is 1.13 bits per heavy atom. The standard InChI is InChI=1S/C21H25ClN2O5S/c1-4-24(5-2)30(26,27)17-8-6-15(7-9-17)14(3)23-21(25)16-12-18(22)20-19(13-16)28-10-11-29-20/h6-9,12-14H,4-5,10-11H2,1-3H3,(H,23,25)/t14-/m1/s1. The maximum atomic E-state index is 12.7. The monoisotopic (exact) mass is 452 g/mol. The topological polar surface area (TPSA) is 84.9 Å². The van der Waals surface area contributed by atoms with Crippen LogP contribution in [0.25, 0.3) is 0 Å². The number of nitrogens with one attached hydrogen (secondary N) is 1. The number of amides is 1. The predicted molar refractivity (Wildman–Crippen MR) is 115 cm³/mol. The minimum absolute atomic E-state index is 0.229. The minimum Gasteiger partial charge on any atom is -0.486 e. The Kier molecular flexibility index (Phi) is 6.90. The van der Waals surface area contributed by atoms with Gasteiger partial charge < -0.3 is 14.8 Å². The van der Waals surface area contributed by atoms with Crippen molar-refractivity contribution in [3.8, 4) is 11.5 Å². The average Bonchev–Trinajstić information content (AvgIpc) is 2.74. The third-order valence-electron chi connectivity index (χ3n) is 4.93. The van der Waals surface area contributed by atoms with Crippen LogP contribution < -0.4 is 14.8 Å². The molecule has 0 aromatic heterocycles. The number of carbonyl (C=O) groups excluding carboxylic acids is 1. The zero-order valence-electron chi connectivity index (χ0n) is 17.1. The molecule has 9 heteroatoms. The molecule has 0 saturated heterocycles.